The topological polar surface area (TPSA) is 24.7 Å². The fraction of sp³-hybridized carbons (Fsp3) is 0.0714. The van der Waals surface area contributed by atoms with Gasteiger partial charge in [-0.25, -0.2) is 0 Å². The van der Waals surface area contributed by atoms with Crippen LogP contribution in [0.2, 0.25) is 0 Å². The highest BCUT2D eigenvalue weighted by Crippen LogP contribution is 2.40. The molecule has 0 N–H and O–H groups in total. The first-order valence-corrected chi connectivity index (χ1v) is 11.1. The zero-order valence-corrected chi connectivity index (χ0v) is 18.4. The van der Waals surface area contributed by atoms with E-state index < -0.39 is 0 Å². The van der Waals surface area contributed by atoms with E-state index in [9.17, 15) is 0 Å². The van der Waals surface area contributed by atoms with Crippen molar-refractivity contribution in [3.8, 4) is 0 Å². The molecule has 0 aliphatic rings. The highest BCUT2D eigenvalue weighted by atomic mass is 32.1. The Hall–Kier alpha value is -3.56. The van der Waals surface area contributed by atoms with Crippen LogP contribution in [0.3, 0.4) is 0 Å². The van der Waals surface area contributed by atoms with Crippen LogP contribution in [-0.2, 0) is 0 Å². The Morgan fingerprint density at radius 3 is 1.42 bits per heavy atom. The highest BCUT2D eigenvalue weighted by molar-refractivity contribution is 7.25. The standard InChI is InChI=1S/C28H22N2S/c1-19-13-27-23(15-25(19)29-17-21-9-5-3-6-10-21)24-16-26(20(2)14-28(24)31-27)30-18-22-11-7-4-8-12-22/h3-18H,1-2H3/b29-17+,30-18+. The number of hydrogen-bond donors (Lipinski definition) is 0. The smallest absolute Gasteiger partial charge is 0.0666 e. The van der Waals surface area contributed by atoms with Crippen molar-refractivity contribution < 1.29 is 0 Å². The second-order valence-electron chi connectivity index (χ2n) is 7.71. The van der Waals surface area contributed by atoms with Gasteiger partial charge in [-0.1, -0.05) is 60.7 Å². The third kappa shape index (κ3) is 4.05. The Morgan fingerprint density at radius 1 is 0.581 bits per heavy atom. The van der Waals surface area contributed by atoms with Crippen LogP contribution in [-0.4, -0.2) is 12.4 Å². The predicted molar refractivity (Wildman–Crippen MR) is 136 cm³/mol. The molecule has 1 aromatic heterocycles. The fourth-order valence-corrected chi connectivity index (χ4v) is 4.96. The van der Waals surface area contributed by atoms with Crippen LogP contribution in [0.15, 0.2) is 94.9 Å². The molecule has 0 atom stereocenters. The molecular weight excluding hydrogens is 396 g/mol. The van der Waals surface area contributed by atoms with Crippen LogP contribution in [0.1, 0.15) is 22.3 Å². The van der Waals surface area contributed by atoms with Crippen LogP contribution >= 0.6 is 11.3 Å². The Labute approximate surface area is 186 Å². The second kappa shape index (κ2) is 8.29. The van der Waals surface area contributed by atoms with Crippen molar-refractivity contribution in [2.24, 2.45) is 9.98 Å². The first-order valence-electron chi connectivity index (χ1n) is 10.3. The van der Waals surface area contributed by atoms with Crippen LogP contribution < -0.4 is 0 Å². The average molecular weight is 419 g/mol. The van der Waals surface area contributed by atoms with E-state index in [1.54, 1.807) is 0 Å². The molecule has 5 rings (SSSR count). The van der Waals surface area contributed by atoms with E-state index in [1.165, 1.54) is 31.3 Å². The number of aryl methyl sites for hydroxylation is 2. The molecule has 5 aromatic rings. The lowest BCUT2D eigenvalue weighted by Gasteiger charge is -2.03. The summed E-state index contributed by atoms with van der Waals surface area (Å²) >= 11 is 1.83. The minimum absolute atomic E-state index is 1.01. The van der Waals surface area contributed by atoms with Gasteiger partial charge in [-0.3, -0.25) is 9.98 Å². The normalized spacial score (nSPS) is 11.9. The number of thiophene rings is 1. The van der Waals surface area contributed by atoms with E-state index in [-0.39, 0.29) is 0 Å². The lowest BCUT2D eigenvalue weighted by atomic mass is 10.1. The summed E-state index contributed by atoms with van der Waals surface area (Å²) in [5.41, 5.74) is 6.59. The van der Waals surface area contributed by atoms with Crippen molar-refractivity contribution in [2.45, 2.75) is 13.8 Å². The van der Waals surface area contributed by atoms with E-state index >= 15 is 0 Å². The van der Waals surface area contributed by atoms with Crippen molar-refractivity contribution in [3.05, 3.63) is 107 Å². The zero-order valence-electron chi connectivity index (χ0n) is 17.5. The maximum Gasteiger partial charge on any atom is 0.0666 e. The van der Waals surface area contributed by atoms with Crippen molar-refractivity contribution in [2.75, 3.05) is 0 Å². The first kappa shape index (κ1) is 19.4. The predicted octanol–water partition coefficient (Wildman–Crippen LogP) is 8.17. The molecule has 1 heterocycles. The molecule has 0 unspecified atom stereocenters. The maximum absolute atomic E-state index is 4.78. The number of aliphatic imine (C=N–C) groups is 2. The van der Waals surface area contributed by atoms with E-state index in [0.29, 0.717) is 0 Å². The Balaban J connectivity index is 1.58. The van der Waals surface area contributed by atoms with Gasteiger partial charge in [0.2, 0.25) is 0 Å². The maximum atomic E-state index is 4.78. The first-order chi connectivity index (χ1) is 15.2. The SMILES string of the molecule is Cc1cc2sc3cc(C)c(/N=C/c4ccccc4)cc3c2cc1/N=C/c1ccccc1. The summed E-state index contributed by atoms with van der Waals surface area (Å²) in [6.07, 6.45) is 3.87. The van der Waals surface area contributed by atoms with E-state index in [1.807, 2.05) is 60.2 Å². The molecule has 2 nitrogen and oxygen atoms in total. The van der Waals surface area contributed by atoms with Gasteiger partial charge in [-0.15, -0.1) is 11.3 Å². The molecule has 0 saturated carbocycles. The van der Waals surface area contributed by atoms with Gasteiger partial charge >= 0.3 is 0 Å². The van der Waals surface area contributed by atoms with Gasteiger partial charge in [0.1, 0.15) is 0 Å². The second-order valence-corrected chi connectivity index (χ2v) is 8.79. The summed E-state index contributed by atoms with van der Waals surface area (Å²) in [7, 11) is 0. The molecule has 0 spiro atoms. The van der Waals surface area contributed by atoms with E-state index in [0.717, 1.165) is 22.5 Å². The van der Waals surface area contributed by atoms with E-state index in [2.05, 4.69) is 62.4 Å². The Kier molecular flexibility index (Phi) is 5.19. The molecule has 150 valence electrons. The molecule has 31 heavy (non-hydrogen) atoms. The Bertz CT molecular complexity index is 1320. The summed E-state index contributed by atoms with van der Waals surface area (Å²) in [5.74, 6) is 0. The summed E-state index contributed by atoms with van der Waals surface area (Å²) in [5, 5.41) is 2.48. The van der Waals surface area contributed by atoms with Gasteiger partial charge in [0.05, 0.1) is 11.4 Å². The largest absolute Gasteiger partial charge is 0.256 e. The number of rotatable bonds is 4. The number of fused-ring (bicyclic) bond motifs is 3. The van der Waals surface area contributed by atoms with Gasteiger partial charge in [0.25, 0.3) is 0 Å². The molecule has 0 saturated heterocycles. The minimum atomic E-state index is 1.01. The lowest BCUT2D eigenvalue weighted by molar-refractivity contribution is 1.43. The van der Waals surface area contributed by atoms with Crippen LogP contribution in [0.25, 0.3) is 20.2 Å². The fourth-order valence-electron chi connectivity index (χ4n) is 3.69. The quantitative estimate of drug-likeness (QED) is 0.263. The van der Waals surface area contributed by atoms with Crippen LogP contribution in [0, 0.1) is 13.8 Å². The highest BCUT2D eigenvalue weighted by Gasteiger charge is 2.10. The summed E-state index contributed by atoms with van der Waals surface area (Å²) in [4.78, 5) is 9.56. The zero-order chi connectivity index (χ0) is 21.2. The Morgan fingerprint density at radius 2 is 1.00 bits per heavy atom. The van der Waals surface area contributed by atoms with Gasteiger partial charge < -0.3 is 0 Å². The third-order valence-corrected chi connectivity index (χ3v) is 6.53. The molecular formula is C28H22N2S. The number of hydrogen-bond acceptors (Lipinski definition) is 3. The molecule has 0 fully saturated rings. The molecule has 0 aliphatic carbocycles. The summed E-state index contributed by atoms with van der Waals surface area (Å²) in [6.45, 7) is 4.25. The molecule has 4 aromatic carbocycles. The van der Waals surface area contributed by atoms with E-state index in [4.69, 9.17) is 9.98 Å². The molecule has 0 radical (unpaired) electrons. The number of benzene rings is 4. The van der Waals surface area contributed by atoms with Crippen LogP contribution in [0.4, 0.5) is 11.4 Å². The molecule has 0 aliphatic heterocycles. The third-order valence-electron chi connectivity index (χ3n) is 5.41. The number of nitrogens with zero attached hydrogens (tertiary/aromatic N) is 2. The van der Waals surface area contributed by atoms with Crippen molar-refractivity contribution in [3.63, 3.8) is 0 Å². The minimum Gasteiger partial charge on any atom is -0.256 e. The van der Waals surface area contributed by atoms with Gasteiger partial charge in [0.15, 0.2) is 0 Å². The summed E-state index contributed by atoms with van der Waals surface area (Å²) in [6, 6.07) is 29.4. The lowest BCUT2D eigenvalue weighted by Crippen LogP contribution is -1.81. The molecule has 3 heteroatoms. The van der Waals surface area contributed by atoms with Gasteiger partial charge in [0, 0.05) is 32.6 Å². The van der Waals surface area contributed by atoms with Crippen LogP contribution in [0.5, 0.6) is 0 Å². The summed E-state index contributed by atoms with van der Waals surface area (Å²) < 4.78 is 2.57. The van der Waals surface area contributed by atoms with Crippen molar-refractivity contribution in [1.82, 2.24) is 0 Å². The van der Waals surface area contributed by atoms with Crippen molar-refractivity contribution in [1.29, 1.82) is 0 Å². The molecule has 0 amide bonds. The van der Waals surface area contributed by atoms with Crippen molar-refractivity contribution >= 4 is 55.3 Å². The average Bonchev–Trinajstić information content (AvgIpc) is 3.13. The monoisotopic (exact) mass is 418 g/mol. The molecule has 0 bridgehead atoms. The van der Waals surface area contributed by atoms with Gasteiger partial charge in [-0.05, 0) is 60.4 Å². The van der Waals surface area contributed by atoms with Gasteiger partial charge in [-0.2, -0.15) is 0 Å².